The molecular weight excluding hydrogens is 327 g/mol. The zero-order chi connectivity index (χ0) is 15.7. The van der Waals surface area contributed by atoms with Crippen LogP contribution in [0.25, 0.3) is 0 Å². The molecule has 1 heterocycles. The van der Waals surface area contributed by atoms with Gasteiger partial charge in [-0.25, -0.2) is 13.1 Å². The van der Waals surface area contributed by atoms with Crippen molar-refractivity contribution in [2.24, 2.45) is 0 Å². The summed E-state index contributed by atoms with van der Waals surface area (Å²) in [6.07, 6.45) is -4.52. The van der Waals surface area contributed by atoms with Crippen LogP contribution in [0.3, 0.4) is 0 Å². The summed E-state index contributed by atoms with van der Waals surface area (Å²) in [5.74, 6) is -0.989. The highest BCUT2D eigenvalue weighted by Crippen LogP contribution is 2.29. The van der Waals surface area contributed by atoms with E-state index < -0.39 is 27.7 Å². The molecule has 112 valence electrons. The molecule has 1 amide bonds. The minimum absolute atomic E-state index is 0.0530. The van der Waals surface area contributed by atoms with Crippen LogP contribution in [0.4, 0.5) is 13.2 Å². The van der Waals surface area contributed by atoms with Gasteiger partial charge in [0, 0.05) is 5.56 Å². The molecule has 2 aromatic rings. The number of carbonyl (C=O) groups excluding carboxylic acids is 1. The normalized spacial score (nSPS) is 12.1. The molecule has 4 nitrogen and oxygen atoms in total. The summed E-state index contributed by atoms with van der Waals surface area (Å²) in [6, 6.07) is 6.08. The first-order valence-corrected chi connectivity index (χ1v) is 7.84. The van der Waals surface area contributed by atoms with E-state index in [9.17, 15) is 26.4 Å². The Morgan fingerprint density at radius 2 is 1.71 bits per heavy atom. The second kappa shape index (κ2) is 5.49. The molecule has 0 fully saturated rings. The number of hydrogen-bond acceptors (Lipinski definition) is 4. The Morgan fingerprint density at radius 1 is 1.10 bits per heavy atom. The molecule has 0 bridgehead atoms. The number of benzene rings is 1. The van der Waals surface area contributed by atoms with Gasteiger partial charge in [0.15, 0.2) is 0 Å². The van der Waals surface area contributed by atoms with Gasteiger partial charge in [0.05, 0.1) is 5.56 Å². The number of alkyl halides is 3. The van der Waals surface area contributed by atoms with Crippen molar-refractivity contribution in [1.82, 2.24) is 4.72 Å². The van der Waals surface area contributed by atoms with E-state index in [1.54, 1.807) is 4.72 Å². The van der Waals surface area contributed by atoms with Gasteiger partial charge in [0.1, 0.15) is 4.21 Å². The fourth-order valence-electron chi connectivity index (χ4n) is 1.46. The number of sulfonamides is 1. The maximum Gasteiger partial charge on any atom is 0.416 e. The second-order valence-corrected chi connectivity index (χ2v) is 6.80. The number of carbonyl (C=O) groups is 1. The summed E-state index contributed by atoms with van der Waals surface area (Å²) in [4.78, 5) is 11.7. The van der Waals surface area contributed by atoms with Gasteiger partial charge in [-0.2, -0.15) is 13.2 Å². The lowest BCUT2D eigenvalue weighted by atomic mass is 10.1. The van der Waals surface area contributed by atoms with Gasteiger partial charge >= 0.3 is 6.18 Å². The molecule has 0 aliphatic heterocycles. The molecule has 1 aromatic carbocycles. The van der Waals surface area contributed by atoms with Crippen LogP contribution in [0.5, 0.6) is 0 Å². The van der Waals surface area contributed by atoms with Crippen LogP contribution >= 0.6 is 11.3 Å². The Bertz CT molecular complexity index is 735. The van der Waals surface area contributed by atoms with Gasteiger partial charge in [0.2, 0.25) is 0 Å². The molecule has 0 saturated carbocycles. The van der Waals surface area contributed by atoms with Gasteiger partial charge < -0.3 is 0 Å². The first kappa shape index (κ1) is 15.5. The van der Waals surface area contributed by atoms with Crippen molar-refractivity contribution in [3.05, 3.63) is 52.9 Å². The third-order valence-electron chi connectivity index (χ3n) is 2.46. The summed E-state index contributed by atoms with van der Waals surface area (Å²) in [7, 11) is -4.01. The Kier molecular flexibility index (Phi) is 4.06. The third kappa shape index (κ3) is 3.61. The fourth-order valence-corrected chi connectivity index (χ4v) is 3.43. The van der Waals surface area contributed by atoms with E-state index in [0.29, 0.717) is 12.1 Å². The van der Waals surface area contributed by atoms with Crippen molar-refractivity contribution in [1.29, 1.82) is 0 Å². The molecule has 9 heteroatoms. The highest BCUT2D eigenvalue weighted by molar-refractivity contribution is 7.92. The van der Waals surface area contributed by atoms with Crippen LogP contribution in [0, 0.1) is 0 Å². The lowest BCUT2D eigenvalue weighted by Crippen LogP contribution is -2.30. The Morgan fingerprint density at radius 3 is 2.19 bits per heavy atom. The van der Waals surface area contributed by atoms with Gasteiger partial charge in [-0.1, -0.05) is 6.07 Å². The van der Waals surface area contributed by atoms with Crippen molar-refractivity contribution < 1.29 is 26.4 Å². The van der Waals surface area contributed by atoms with Crippen molar-refractivity contribution >= 4 is 27.3 Å². The number of nitrogens with one attached hydrogen (secondary N) is 1. The third-order valence-corrected chi connectivity index (χ3v) is 5.19. The summed E-state index contributed by atoms with van der Waals surface area (Å²) in [5, 5.41) is 1.52. The van der Waals surface area contributed by atoms with Gasteiger partial charge in [0.25, 0.3) is 15.9 Å². The molecule has 0 radical (unpaired) electrons. The molecule has 1 N–H and O–H groups in total. The van der Waals surface area contributed by atoms with Crippen molar-refractivity contribution in [2.75, 3.05) is 0 Å². The number of amides is 1. The van der Waals surface area contributed by atoms with Gasteiger partial charge in [-0.05, 0) is 35.7 Å². The van der Waals surface area contributed by atoms with Crippen LogP contribution in [0.15, 0.2) is 46.0 Å². The first-order chi connectivity index (χ1) is 9.70. The average molecular weight is 335 g/mol. The molecule has 2 rings (SSSR count). The quantitative estimate of drug-likeness (QED) is 0.938. The fraction of sp³-hybridized carbons (Fsp3) is 0.0833. The van der Waals surface area contributed by atoms with Crippen LogP contribution in [0.1, 0.15) is 15.9 Å². The predicted octanol–water partition coefficient (Wildman–Crippen LogP) is 2.89. The van der Waals surface area contributed by atoms with E-state index in [-0.39, 0.29) is 9.77 Å². The molecule has 0 atom stereocenters. The van der Waals surface area contributed by atoms with Gasteiger partial charge in [-0.15, -0.1) is 11.3 Å². The van der Waals surface area contributed by atoms with Crippen molar-refractivity contribution in [3.8, 4) is 0 Å². The average Bonchev–Trinajstić information content (AvgIpc) is 2.92. The highest BCUT2D eigenvalue weighted by Gasteiger charge is 2.30. The molecule has 0 aliphatic carbocycles. The monoisotopic (exact) mass is 335 g/mol. The van der Waals surface area contributed by atoms with Crippen LogP contribution < -0.4 is 4.72 Å². The largest absolute Gasteiger partial charge is 0.416 e. The Hall–Kier alpha value is -1.87. The first-order valence-electron chi connectivity index (χ1n) is 5.48. The summed E-state index contributed by atoms with van der Waals surface area (Å²) < 4.78 is 62.5. The van der Waals surface area contributed by atoms with Crippen LogP contribution in [-0.2, 0) is 16.2 Å². The summed E-state index contributed by atoms with van der Waals surface area (Å²) in [6.45, 7) is 0. The number of hydrogen-bond donors (Lipinski definition) is 1. The minimum atomic E-state index is -4.52. The maximum absolute atomic E-state index is 12.4. The van der Waals surface area contributed by atoms with E-state index in [2.05, 4.69) is 0 Å². The molecule has 0 aliphatic rings. The number of thiophene rings is 1. The smallest absolute Gasteiger partial charge is 0.268 e. The standard InChI is InChI=1S/C12H8F3NO3S2/c13-12(14,15)9-5-3-8(4-6-9)11(17)16-21(18,19)10-2-1-7-20-10/h1-7H,(H,16,17). The molecule has 0 unspecified atom stereocenters. The molecule has 0 spiro atoms. The lowest BCUT2D eigenvalue weighted by Gasteiger charge is -2.08. The van der Waals surface area contributed by atoms with E-state index >= 15 is 0 Å². The topological polar surface area (TPSA) is 63.2 Å². The number of halogens is 3. The van der Waals surface area contributed by atoms with E-state index in [0.717, 1.165) is 23.5 Å². The maximum atomic E-state index is 12.4. The van der Waals surface area contributed by atoms with Crippen molar-refractivity contribution in [3.63, 3.8) is 0 Å². The zero-order valence-electron chi connectivity index (χ0n) is 10.2. The minimum Gasteiger partial charge on any atom is -0.268 e. The van der Waals surface area contributed by atoms with Gasteiger partial charge in [-0.3, -0.25) is 4.79 Å². The highest BCUT2D eigenvalue weighted by atomic mass is 32.2. The SMILES string of the molecule is O=C(NS(=O)(=O)c1cccs1)c1ccc(C(F)(F)F)cc1. The molecule has 1 aromatic heterocycles. The van der Waals surface area contributed by atoms with E-state index in [1.165, 1.54) is 17.5 Å². The predicted molar refractivity (Wildman–Crippen MR) is 70.4 cm³/mol. The van der Waals surface area contributed by atoms with Crippen LogP contribution in [0.2, 0.25) is 0 Å². The number of rotatable bonds is 3. The Balaban J connectivity index is 2.18. The van der Waals surface area contributed by atoms with Crippen LogP contribution in [-0.4, -0.2) is 14.3 Å². The van der Waals surface area contributed by atoms with Crippen molar-refractivity contribution in [2.45, 2.75) is 10.4 Å². The van der Waals surface area contributed by atoms with E-state index in [4.69, 9.17) is 0 Å². The molecular formula is C12H8F3NO3S2. The summed E-state index contributed by atoms with van der Waals surface area (Å²) >= 11 is 0.921. The molecule has 21 heavy (non-hydrogen) atoms. The van der Waals surface area contributed by atoms with E-state index in [1.807, 2.05) is 0 Å². The summed E-state index contributed by atoms with van der Waals surface area (Å²) in [5.41, 5.74) is -1.09. The Labute approximate surface area is 122 Å². The lowest BCUT2D eigenvalue weighted by molar-refractivity contribution is -0.137. The second-order valence-electron chi connectivity index (χ2n) is 3.94. The molecule has 0 saturated heterocycles. The zero-order valence-corrected chi connectivity index (χ0v) is 11.8.